The molecule has 1 saturated heterocycles. The highest BCUT2D eigenvalue weighted by atomic mass is 16.7. The van der Waals surface area contributed by atoms with E-state index in [-0.39, 0.29) is 12.4 Å². The molecule has 1 heterocycles. The second kappa shape index (κ2) is 8.01. The fourth-order valence-corrected chi connectivity index (χ4v) is 2.84. The van der Waals surface area contributed by atoms with Crippen LogP contribution in [0.25, 0.3) is 0 Å². The molecule has 1 aliphatic heterocycles. The number of methoxy groups -OCH3 is 1. The highest BCUT2D eigenvalue weighted by Crippen LogP contribution is 2.36. The molecule has 0 bridgehead atoms. The number of carbonyl (C=O) groups is 2. The Balaban J connectivity index is 1.59. The Morgan fingerprint density at radius 2 is 1.38 bits per heavy atom. The van der Waals surface area contributed by atoms with Crippen molar-refractivity contribution in [3.63, 3.8) is 0 Å². The topological polar surface area (TPSA) is 71.1 Å². The highest BCUT2D eigenvalue weighted by Gasteiger charge is 2.51. The third-order valence-electron chi connectivity index (χ3n) is 5.40. The molecule has 0 aliphatic carbocycles. The molecular formula is C22H25BO6. The van der Waals surface area contributed by atoms with E-state index in [0.29, 0.717) is 16.9 Å². The van der Waals surface area contributed by atoms with Crippen molar-refractivity contribution in [2.45, 2.75) is 38.9 Å². The van der Waals surface area contributed by atoms with Crippen LogP contribution in [0.1, 0.15) is 48.4 Å². The summed E-state index contributed by atoms with van der Waals surface area (Å²) in [5, 5.41) is 0. The highest BCUT2D eigenvalue weighted by molar-refractivity contribution is 6.62. The summed E-state index contributed by atoms with van der Waals surface area (Å²) >= 11 is 0. The standard InChI is InChI=1S/C22H25BO6/c1-21(2)22(3,4)29-23(28-21)17-10-6-15(7-11-17)19(24)14-27-18-12-8-16(9-13-18)20(25)26-5/h6-13H,14H2,1-5H3. The average molecular weight is 396 g/mol. The normalized spacial score (nSPS) is 17.1. The predicted octanol–water partition coefficient (Wildman–Crippen LogP) is 3.03. The van der Waals surface area contributed by atoms with Crippen molar-refractivity contribution in [2.24, 2.45) is 0 Å². The van der Waals surface area contributed by atoms with Gasteiger partial charge in [-0.3, -0.25) is 4.79 Å². The minimum atomic E-state index is -0.464. The Bertz CT molecular complexity index is 871. The van der Waals surface area contributed by atoms with Crippen LogP contribution in [0.3, 0.4) is 0 Å². The molecule has 152 valence electrons. The van der Waals surface area contributed by atoms with Crippen LogP contribution in [0.4, 0.5) is 0 Å². The maximum absolute atomic E-state index is 12.4. The quantitative estimate of drug-likeness (QED) is 0.425. The first kappa shape index (κ1) is 21.1. The van der Waals surface area contributed by atoms with Crippen molar-refractivity contribution < 1.29 is 28.4 Å². The molecule has 7 heteroatoms. The predicted molar refractivity (Wildman–Crippen MR) is 110 cm³/mol. The van der Waals surface area contributed by atoms with E-state index in [1.54, 1.807) is 36.4 Å². The van der Waals surface area contributed by atoms with Crippen LogP contribution < -0.4 is 10.2 Å². The molecule has 3 rings (SSSR count). The molecule has 2 aromatic carbocycles. The third kappa shape index (κ3) is 4.52. The molecule has 0 radical (unpaired) electrons. The maximum Gasteiger partial charge on any atom is 0.494 e. The Hall–Kier alpha value is -2.64. The number of hydrogen-bond donors (Lipinski definition) is 0. The molecule has 2 aromatic rings. The number of rotatable bonds is 6. The van der Waals surface area contributed by atoms with Gasteiger partial charge in [0.05, 0.1) is 23.9 Å². The van der Waals surface area contributed by atoms with Gasteiger partial charge < -0.3 is 18.8 Å². The summed E-state index contributed by atoms with van der Waals surface area (Å²) in [6.07, 6.45) is 0. The van der Waals surface area contributed by atoms with Gasteiger partial charge in [-0.2, -0.15) is 0 Å². The first-order chi connectivity index (χ1) is 13.6. The molecule has 0 amide bonds. The second-order valence-electron chi connectivity index (χ2n) is 7.94. The van der Waals surface area contributed by atoms with Crippen LogP contribution in [0, 0.1) is 0 Å². The molecule has 0 unspecified atom stereocenters. The van der Waals surface area contributed by atoms with E-state index in [1.807, 2.05) is 39.8 Å². The molecular weight excluding hydrogens is 371 g/mol. The maximum atomic E-state index is 12.4. The van der Waals surface area contributed by atoms with Crippen molar-refractivity contribution in [3.05, 3.63) is 59.7 Å². The molecule has 0 aromatic heterocycles. The zero-order valence-corrected chi connectivity index (χ0v) is 17.4. The van der Waals surface area contributed by atoms with Crippen molar-refractivity contribution >= 4 is 24.3 Å². The van der Waals surface area contributed by atoms with Crippen LogP contribution in [0.5, 0.6) is 5.75 Å². The van der Waals surface area contributed by atoms with E-state index in [1.165, 1.54) is 7.11 Å². The van der Waals surface area contributed by atoms with Gasteiger partial charge in [0.25, 0.3) is 0 Å². The molecule has 1 fully saturated rings. The molecule has 0 atom stereocenters. The second-order valence-corrected chi connectivity index (χ2v) is 7.94. The third-order valence-corrected chi connectivity index (χ3v) is 5.40. The van der Waals surface area contributed by atoms with Crippen molar-refractivity contribution in [2.75, 3.05) is 13.7 Å². The summed E-state index contributed by atoms with van der Waals surface area (Å²) in [6, 6.07) is 13.6. The van der Waals surface area contributed by atoms with Crippen molar-refractivity contribution in [1.29, 1.82) is 0 Å². The fraction of sp³-hybridized carbons (Fsp3) is 0.364. The minimum absolute atomic E-state index is 0.104. The van der Waals surface area contributed by atoms with E-state index in [4.69, 9.17) is 14.0 Å². The van der Waals surface area contributed by atoms with Gasteiger partial charge in [0.2, 0.25) is 0 Å². The summed E-state index contributed by atoms with van der Waals surface area (Å²) in [6.45, 7) is 7.90. The van der Waals surface area contributed by atoms with Crippen LogP contribution in [0.15, 0.2) is 48.5 Å². The van der Waals surface area contributed by atoms with E-state index in [2.05, 4.69) is 4.74 Å². The number of ketones is 1. The zero-order chi connectivity index (χ0) is 21.2. The number of carbonyl (C=O) groups excluding carboxylic acids is 2. The molecule has 0 N–H and O–H groups in total. The van der Waals surface area contributed by atoms with Crippen LogP contribution in [-0.4, -0.2) is 43.8 Å². The number of ether oxygens (including phenoxy) is 2. The molecule has 29 heavy (non-hydrogen) atoms. The van der Waals surface area contributed by atoms with E-state index >= 15 is 0 Å². The van der Waals surface area contributed by atoms with Gasteiger partial charge in [-0.25, -0.2) is 4.79 Å². The van der Waals surface area contributed by atoms with Crippen LogP contribution in [0.2, 0.25) is 0 Å². The van der Waals surface area contributed by atoms with E-state index < -0.39 is 24.3 Å². The Morgan fingerprint density at radius 1 is 0.862 bits per heavy atom. The van der Waals surface area contributed by atoms with E-state index in [9.17, 15) is 9.59 Å². The number of esters is 1. The number of Topliss-reactive ketones (excluding diaryl/α,β-unsaturated/α-hetero) is 1. The monoisotopic (exact) mass is 396 g/mol. The first-order valence-corrected chi connectivity index (χ1v) is 9.43. The molecule has 0 saturated carbocycles. The lowest BCUT2D eigenvalue weighted by molar-refractivity contribution is 0.00578. The molecule has 1 aliphatic rings. The fourth-order valence-electron chi connectivity index (χ4n) is 2.84. The van der Waals surface area contributed by atoms with Gasteiger partial charge >= 0.3 is 13.1 Å². The largest absolute Gasteiger partial charge is 0.494 e. The first-order valence-electron chi connectivity index (χ1n) is 9.43. The Morgan fingerprint density at radius 3 is 1.90 bits per heavy atom. The summed E-state index contributed by atoms with van der Waals surface area (Å²) < 4.78 is 22.2. The summed E-state index contributed by atoms with van der Waals surface area (Å²) in [4.78, 5) is 23.9. The van der Waals surface area contributed by atoms with Crippen LogP contribution >= 0.6 is 0 Å². The number of hydrogen-bond acceptors (Lipinski definition) is 6. The SMILES string of the molecule is COC(=O)c1ccc(OCC(=O)c2ccc(B3OC(C)(C)C(C)(C)O3)cc2)cc1. The lowest BCUT2D eigenvalue weighted by Gasteiger charge is -2.32. The molecule has 0 spiro atoms. The lowest BCUT2D eigenvalue weighted by atomic mass is 9.79. The smallest absolute Gasteiger partial charge is 0.485 e. The minimum Gasteiger partial charge on any atom is -0.485 e. The zero-order valence-electron chi connectivity index (χ0n) is 17.4. The average Bonchev–Trinajstić information content (AvgIpc) is 2.93. The number of benzene rings is 2. The lowest BCUT2D eigenvalue weighted by Crippen LogP contribution is -2.41. The summed E-state index contributed by atoms with van der Waals surface area (Å²) in [5.74, 6) is -0.0722. The van der Waals surface area contributed by atoms with Gasteiger partial charge in [-0.15, -0.1) is 0 Å². The summed E-state index contributed by atoms with van der Waals surface area (Å²) in [5.41, 5.74) is 0.993. The van der Waals surface area contributed by atoms with Gasteiger partial charge in [0, 0.05) is 5.56 Å². The van der Waals surface area contributed by atoms with E-state index in [0.717, 1.165) is 5.46 Å². The molecule has 6 nitrogen and oxygen atoms in total. The van der Waals surface area contributed by atoms with Crippen molar-refractivity contribution in [1.82, 2.24) is 0 Å². The van der Waals surface area contributed by atoms with Gasteiger partial charge in [0.15, 0.2) is 12.4 Å². The van der Waals surface area contributed by atoms with Crippen LogP contribution in [-0.2, 0) is 14.0 Å². The van der Waals surface area contributed by atoms with Crippen molar-refractivity contribution in [3.8, 4) is 5.75 Å². The Labute approximate surface area is 171 Å². The van der Waals surface area contributed by atoms with Gasteiger partial charge in [0.1, 0.15) is 5.75 Å². The summed E-state index contributed by atoms with van der Waals surface area (Å²) in [7, 11) is 0.859. The van der Waals surface area contributed by atoms with Gasteiger partial charge in [-0.05, 0) is 57.4 Å². The Kier molecular flexibility index (Phi) is 5.82. The van der Waals surface area contributed by atoms with Gasteiger partial charge in [-0.1, -0.05) is 24.3 Å².